The molecule has 0 radical (unpaired) electrons. The van der Waals surface area contributed by atoms with E-state index in [1.54, 1.807) is 7.11 Å². The zero-order valence-corrected chi connectivity index (χ0v) is 22.1. The van der Waals surface area contributed by atoms with Gasteiger partial charge < -0.3 is 25.6 Å². The minimum Gasteiger partial charge on any atom is -0.497 e. The maximum absolute atomic E-state index is 13.6. The van der Waals surface area contributed by atoms with E-state index in [1.807, 2.05) is 19.9 Å². The van der Waals surface area contributed by atoms with Crippen molar-refractivity contribution in [1.82, 2.24) is 10.6 Å². The van der Waals surface area contributed by atoms with E-state index in [2.05, 4.69) is 16.7 Å². The van der Waals surface area contributed by atoms with Crippen LogP contribution in [-0.4, -0.2) is 59.2 Å². The van der Waals surface area contributed by atoms with Crippen LogP contribution >= 0.6 is 0 Å². The second-order valence-electron chi connectivity index (χ2n) is 12.3. The quantitative estimate of drug-likeness (QED) is 0.401. The number of hydrogen-bond acceptors (Lipinski definition) is 6. The number of carbonyl (C=O) groups excluding carboxylic acids is 2. The first kappa shape index (κ1) is 26.2. The highest BCUT2D eigenvalue weighted by atomic mass is 16.5. The smallest absolute Gasteiger partial charge is 0.326 e. The standard InChI is InChI=1S/C29H40N2O6/c1-16(2)8-23(27(34)35)31-26(33)11-19-14-29(36)25-13-21-18(9-17-4-5-17)10-20(37-3)12-22(21)28(29,6-7-30-25)15-24(19)32/h10,12,16-17,19,23,25,30,36H,4-9,11,13-15H2,1-3H3,(H,31,33)(H,34,35)/t19-,23-,25+,28+,29+/m0/s1. The molecular formula is C29H40N2O6. The molecule has 5 atom stereocenters. The van der Waals surface area contributed by atoms with E-state index in [0.29, 0.717) is 25.2 Å². The van der Waals surface area contributed by atoms with Crippen molar-refractivity contribution in [2.24, 2.45) is 17.8 Å². The fraction of sp³-hybridized carbons (Fsp3) is 0.690. The van der Waals surface area contributed by atoms with Crippen LogP contribution in [0, 0.1) is 17.8 Å². The van der Waals surface area contributed by atoms with Crippen LogP contribution in [0.4, 0.5) is 0 Å². The Kier molecular flexibility index (Phi) is 6.86. The van der Waals surface area contributed by atoms with Crippen molar-refractivity contribution in [3.63, 3.8) is 0 Å². The summed E-state index contributed by atoms with van der Waals surface area (Å²) in [5.74, 6) is -0.636. The molecule has 1 aromatic rings. The molecule has 4 N–H and O–H groups in total. The van der Waals surface area contributed by atoms with E-state index in [-0.39, 0.29) is 37.0 Å². The van der Waals surface area contributed by atoms with Gasteiger partial charge in [0.15, 0.2) is 0 Å². The lowest BCUT2D eigenvalue weighted by Crippen LogP contribution is -2.73. The first-order valence-electron chi connectivity index (χ1n) is 13.8. The van der Waals surface area contributed by atoms with Gasteiger partial charge in [-0.25, -0.2) is 4.79 Å². The number of carboxylic acid groups (broad SMARTS) is 1. The molecule has 1 heterocycles. The highest BCUT2D eigenvalue weighted by Crippen LogP contribution is 2.58. The average molecular weight is 513 g/mol. The van der Waals surface area contributed by atoms with Crippen molar-refractivity contribution in [3.05, 3.63) is 28.8 Å². The fourth-order valence-electron chi connectivity index (χ4n) is 7.26. The van der Waals surface area contributed by atoms with Gasteiger partial charge in [0.1, 0.15) is 17.6 Å². The summed E-state index contributed by atoms with van der Waals surface area (Å²) in [4.78, 5) is 38.1. The summed E-state index contributed by atoms with van der Waals surface area (Å²) < 4.78 is 5.67. The number of amides is 1. The molecule has 1 aromatic carbocycles. The monoisotopic (exact) mass is 512 g/mol. The number of aliphatic hydroxyl groups is 1. The van der Waals surface area contributed by atoms with Gasteiger partial charge in [-0.3, -0.25) is 9.59 Å². The summed E-state index contributed by atoms with van der Waals surface area (Å²) >= 11 is 0. The minimum atomic E-state index is -1.18. The molecule has 37 heavy (non-hydrogen) atoms. The van der Waals surface area contributed by atoms with Gasteiger partial charge in [0.25, 0.3) is 0 Å². The number of piperidine rings is 1. The van der Waals surface area contributed by atoms with Gasteiger partial charge in [-0.05, 0) is 92.1 Å². The number of nitrogens with one attached hydrogen (secondary N) is 2. The number of rotatable bonds is 9. The Hall–Kier alpha value is -2.45. The number of fused-ring (bicyclic) bond motifs is 1. The second-order valence-corrected chi connectivity index (χ2v) is 12.3. The number of aliphatic carboxylic acids is 1. The third-order valence-electron chi connectivity index (χ3n) is 9.29. The van der Waals surface area contributed by atoms with Crippen molar-refractivity contribution in [1.29, 1.82) is 0 Å². The third-order valence-corrected chi connectivity index (χ3v) is 9.29. The van der Waals surface area contributed by atoms with E-state index >= 15 is 0 Å². The molecule has 5 rings (SSSR count). The molecule has 2 saturated carbocycles. The molecule has 3 aliphatic carbocycles. The Bertz CT molecular complexity index is 1100. The van der Waals surface area contributed by atoms with Gasteiger partial charge in [-0.1, -0.05) is 13.8 Å². The summed E-state index contributed by atoms with van der Waals surface area (Å²) in [6.07, 6.45) is 5.38. The van der Waals surface area contributed by atoms with E-state index in [0.717, 1.165) is 24.3 Å². The van der Waals surface area contributed by atoms with Crippen LogP contribution in [0.1, 0.15) is 75.5 Å². The number of benzene rings is 1. The number of carbonyl (C=O) groups is 3. The molecule has 0 aromatic heterocycles. The minimum absolute atomic E-state index is 0.0318. The van der Waals surface area contributed by atoms with E-state index in [4.69, 9.17) is 4.74 Å². The molecule has 1 amide bonds. The maximum Gasteiger partial charge on any atom is 0.326 e. The van der Waals surface area contributed by atoms with Crippen LogP contribution in [0.2, 0.25) is 0 Å². The molecule has 2 bridgehead atoms. The van der Waals surface area contributed by atoms with Crippen LogP contribution in [0.5, 0.6) is 5.75 Å². The maximum atomic E-state index is 13.6. The zero-order chi connectivity index (χ0) is 26.5. The molecule has 1 aliphatic heterocycles. The summed E-state index contributed by atoms with van der Waals surface area (Å²) in [7, 11) is 1.66. The van der Waals surface area contributed by atoms with Gasteiger partial charge in [-0.15, -0.1) is 0 Å². The van der Waals surface area contributed by atoms with Crippen LogP contribution < -0.4 is 15.4 Å². The predicted molar refractivity (Wildman–Crippen MR) is 138 cm³/mol. The second kappa shape index (κ2) is 9.70. The summed E-state index contributed by atoms with van der Waals surface area (Å²) in [5.41, 5.74) is 1.67. The lowest BCUT2D eigenvalue weighted by molar-refractivity contribution is -0.161. The molecular weight excluding hydrogens is 472 g/mol. The van der Waals surface area contributed by atoms with Gasteiger partial charge in [0.05, 0.1) is 12.7 Å². The number of hydrogen-bond donors (Lipinski definition) is 4. The van der Waals surface area contributed by atoms with E-state index in [1.165, 1.54) is 24.0 Å². The van der Waals surface area contributed by atoms with Gasteiger partial charge in [0, 0.05) is 30.2 Å². The predicted octanol–water partition coefficient (Wildman–Crippen LogP) is 2.52. The Morgan fingerprint density at radius 2 is 2.03 bits per heavy atom. The molecule has 8 heteroatoms. The Morgan fingerprint density at radius 3 is 2.68 bits per heavy atom. The Labute approximate surface area is 218 Å². The molecule has 0 spiro atoms. The average Bonchev–Trinajstić information content (AvgIpc) is 3.63. The number of Topliss-reactive ketones (excluding diaryl/α,β-unsaturated/α-hetero) is 1. The SMILES string of the molecule is COc1cc(CC2CC2)c2c(c1)[C@]13CCN[C@H](C2)[C@]1(O)C[C@H](CC(=O)N[C@@H](CC(C)C)C(=O)O)C(=O)C3. The summed E-state index contributed by atoms with van der Waals surface area (Å²) in [6, 6.07) is 2.97. The van der Waals surface area contributed by atoms with Crippen LogP contribution in [0.3, 0.4) is 0 Å². The number of methoxy groups -OCH3 is 1. The molecule has 0 unspecified atom stereocenters. The van der Waals surface area contributed by atoms with Gasteiger partial charge in [-0.2, -0.15) is 0 Å². The number of carboxylic acids is 1. The molecule has 1 saturated heterocycles. The summed E-state index contributed by atoms with van der Waals surface area (Å²) in [5, 5.41) is 28.0. The lowest BCUT2D eigenvalue weighted by atomic mass is 9.47. The summed E-state index contributed by atoms with van der Waals surface area (Å²) in [6.45, 7) is 4.52. The van der Waals surface area contributed by atoms with Crippen molar-refractivity contribution < 1.29 is 29.3 Å². The zero-order valence-electron chi connectivity index (χ0n) is 22.1. The third kappa shape index (κ3) is 4.67. The Balaban J connectivity index is 1.43. The van der Waals surface area contributed by atoms with E-state index < -0.39 is 34.9 Å². The molecule has 202 valence electrons. The van der Waals surface area contributed by atoms with Crippen molar-refractivity contribution in [2.75, 3.05) is 13.7 Å². The first-order valence-corrected chi connectivity index (χ1v) is 13.8. The number of ketones is 1. The highest BCUT2D eigenvalue weighted by Gasteiger charge is 2.65. The lowest BCUT2D eigenvalue weighted by Gasteiger charge is -2.62. The largest absolute Gasteiger partial charge is 0.497 e. The fourth-order valence-corrected chi connectivity index (χ4v) is 7.26. The first-order chi connectivity index (χ1) is 17.6. The van der Waals surface area contributed by atoms with E-state index in [9.17, 15) is 24.6 Å². The normalized spacial score (nSPS) is 31.3. The Morgan fingerprint density at radius 1 is 1.27 bits per heavy atom. The van der Waals surface area contributed by atoms with Gasteiger partial charge >= 0.3 is 5.97 Å². The van der Waals surface area contributed by atoms with Crippen molar-refractivity contribution in [2.45, 2.75) is 94.7 Å². The highest BCUT2D eigenvalue weighted by molar-refractivity contribution is 5.91. The number of ether oxygens (including phenoxy) is 1. The molecule has 3 fully saturated rings. The topological polar surface area (TPSA) is 125 Å². The van der Waals surface area contributed by atoms with Gasteiger partial charge in [0.2, 0.25) is 5.91 Å². The van der Waals surface area contributed by atoms with Crippen molar-refractivity contribution >= 4 is 17.7 Å². The van der Waals surface area contributed by atoms with Crippen LogP contribution in [0.15, 0.2) is 12.1 Å². The van der Waals surface area contributed by atoms with Crippen LogP contribution in [-0.2, 0) is 32.6 Å². The van der Waals surface area contributed by atoms with Crippen molar-refractivity contribution in [3.8, 4) is 5.75 Å². The molecule has 8 nitrogen and oxygen atoms in total. The molecule has 4 aliphatic rings. The van der Waals surface area contributed by atoms with Crippen LogP contribution in [0.25, 0.3) is 0 Å².